The predicted octanol–water partition coefficient (Wildman–Crippen LogP) is 2.75. The van der Waals surface area contributed by atoms with Crippen molar-refractivity contribution in [3.8, 4) is 17.0 Å². The minimum absolute atomic E-state index is 0.140. The fourth-order valence-corrected chi connectivity index (χ4v) is 2.12. The zero-order valence-corrected chi connectivity index (χ0v) is 12.3. The standard InChI is InChI=1S/C15H18FN3O2/c1-9(2)7-19-15(17)11(8-20)14(18-19)10-4-5-13(21-3)12(16)6-10/h4-6,8-9H,7,17H2,1-3H3. The average molecular weight is 291 g/mol. The smallest absolute Gasteiger partial charge is 0.165 e. The van der Waals surface area contributed by atoms with E-state index in [0.717, 1.165) is 0 Å². The number of aldehydes is 1. The molecule has 0 unspecified atom stereocenters. The van der Waals surface area contributed by atoms with Gasteiger partial charge in [-0.15, -0.1) is 0 Å². The molecule has 0 saturated heterocycles. The van der Waals surface area contributed by atoms with E-state index in [9.17, 15) is 9.18 Å². The second kappa shape index (κ2) is 5.95. The van der Waals surface area contributed by atoms with Gasteiger partial charge in [0.2, 0.25) is 0 Å². The number of aromatic nitrogens is 2. The van der Waals surface area contributed by atoms with E-state index in [2.05, 4.69) is 5.10 Å². The lowest BCUT2D eigenvalue weighted by Crippen LogP contribution is -2.09. The van der Waals surface area contributed by atoms with Crippen LogP contribution in [0.25, 0.3) is 11.3 Å². The summed E-state index contributed by atoms with van der Waals surface area (Å²) in [5.74, 6) is 0.252. The Hall–Kier alpha value is -2.37. The number of nitrogens with zero attached hydrogens (tertiary/aromatic N) is 2. The summed E-state index contributed by atoms with van der Waals surface area (Å²) in [5, 5.41) is 4.34. The molecule has 2 rings (SSSR count). The van der Waals surface area contributed by atoms with Gasteiger partial charge in [0.25, 0.3) is 0 Å². The molecule has 1 heterocycles. The molecule has 0 radical (unpaired) electrons. The predicted molar refractivity (Wildman–Crippen MR) is 78.8 cm³/mol. The number of nitrogen functional groups attached to an aromatic ring is 1. The van der Waals surface area contributed by atoms with E-state index in [4.69, 9.17) is 10.5 Å². The largest absolute Gasteiger partial charge is 0.494 e. The van der Waals surface area contributed by atoms with Gasteiger partial charge in [-0.3, -0.25) is 4.79 Å². The van der Waals surface area contributed by atoms with Crippen LogP contribution < -0.4 is 10.5 Å². The molecular formula is C15H18FN3O2. The molecule has 0 aliphatic rings. The Kier molecular flexibility index (Phi) is 4.26. The normalized spacial score (nSPS) is 10.9. The van der Waals surface area contributed by atoms with Gasteiger partial charge in [0.05, 0.1) is 12.7 Å². The molecule has 2 N–H and O–H groups in total. The molecular weight excluding hydrogens is 273 g/mol. The highest BCUT2D eigenvalue weighted by Crippen LogP contribution is 2.29. The van der Waals surface area contributed by atoms with Crippen molar-refractivity contribution in [1.29, 1.82) is 0 Å². The number of rotatable bonds is 5. The maximum atomic E-state index is 13.8. The first-order chi connectivity index (χ1) is 9.97. The summed E-state index contributed by atoms with van der Waals surface area (Å²) < 4.78 is 20.3. The Balaban J connectivity index is 2.52. The molecule has 6 heteroatoms. The third kappa shape index (κ3) is 2.89. The van der Waals surface area contributed by atoms with Crippen LogP contribution in [-0.4, -0.2) is 23.2 Å². The molecule has 0 atom stereocenters. The first-order valence-corrected chi connectivity index (χ1v) is 6.63. The van der Waals surface area contributed by atoms with Crippen molar-refractivity contribution in [2.75, 3.05) is 12.8 Å². The monoisotopic (exact) mass is 291 g/mol. The maximum Gasteiger partial charge on any atom is 0.165 e. The third-order valence-electron chi connectivity index (χ3n) is 3.11. The lowest BCUT2D eigenvalue weighted by Gasteiger charge is -2.06. The number of ether oxygens (including phenoxy) is 1. The number of carbonyl (C=O) groups excluding carboxylic acids is 1. The summed E-state index contributed by atoms with van der Waals surface area (Å²) in [7, 11) is 1.39. The molecule has 2 aromatic rings. The van der Waals surface area contributed by atoms with Crippen molar-refractivity contribution < 1.29 is 13.9 Å². The van der Waals surface area contributed by atoms with Gasteiger partial charge in [-0.25, -0.2) is 9.07 Å². The van der Waals surface area contributed by atoms with E-state index >= 15 is 0 Å². The molecule has 5 nitrogen and oxygen atoms in total. The highest BCUT2D eigenvalue weighted by atomic mass is 19.1. The number of hydrogen-bond donors (Lipinski definition) is 1. The summed E-state index contributed by atoms with van der Waals surface area (Å²) in [6, 6.07) is 4.43. The highest BCUT2D eigenvalue weighted by molar-refractivity contribution is 5.91. The van der Waals surface area contributed by atoms with E-state index < -0.39 is 5.82 Å². The lowest BCUT2D eigenvalue weighted by atomic mass is 10.1. The molecule has 0 aliphatic carbocycles. The van der Waals surface area contributed by atoms with Crippen molar-refractivity contribution in [3.63, 3.8) is 0 Å². The van der Waals surface area contributed by atoms with Crippen LogP contribution in [0.5, 0.6) is 5.75 Å². The number of benzene rings is 1. The topological polar surface area (TPSA) is 70.1 Å². The Morgan fingerprint density at radius 1 is 1.48 bits per heavy atom. The van der Waals surface area contributed by atoms with Crippen molar-refractivity contribution in [3.05, 3.63) is 29.6 Å². The average Bonchev–Trinajstić information content (AvgIpc) is 2.74. The molecule has 1 aromatic carbocycles. The second-order valence-corrected chi connectivity index (χ2v) is 5.19. The van der Waals surface area contributed by atoms with E-state index in [1.807, 2.05) is 13.8 Å². The van der Waals surface area contributed by atoms with Crippen LogP contribution >= 0.6 is 0 Å². The van der Waals surface area contributed by atoms with Gasteiger partial charge in [-0.1, -0.05) is 13.8 Å². The maximum absolute atomic E-state index is 13.8. The number of nitrogens with two attached hydrogens (primary N) is 1. The molecule has 112 valence electrons. The van der Waals surface area contributed by atoms with Crippen molar-refractivity contribution in [1.82, 2.24) is 9.78 Å². The molecule has 21 heavy (non-hydrogen) atoms. The SMILES string of the molecule is COc1ccc(-c2nn(CC(C)C)c(N)c2C=O)cc1F. The van der Waals surface area contributed by atoms with Gasteiger partial charge < -0.3 is 10.5 Å². The first kappa shape index (κ1) is 15.0. The van der Waals surface area contributed by atoms with Crippen LogP contribution in [-0.2, 0) is 6.54 Å². The summed E-state index contributed by atoms with van der Waals surface area (Å²) >= 11 is 0. The molecule has 0 bridgehead atoms. The molecule has 0 saturated carbocycles. The minimum Gasteiger partial charge on any atom is -0.494 e. The zero-order chi connectivity index (χ0) is 15.6. The first-order valence-electron chi connectivity index (χ1n) is 6.63. The Labute approximate surface area is 122 Å². The van der Waals surface area contributed by atoms with E-state index in [0.29, 0.717) is 35.8 Å². The minimum atomic E-state index is -0.510. The van der Waals surface area contributed by atoms with Gasteiger partial charge in [0, 0.05) is 12.1 Å². The zero-order valence-electron chi connectivity index (χ0n) is 12.3. The quantitative estimate of drug-likeness (QED) is 0.860. The fourth-order valence-electron chi connectivity index (χ4n) is 2.12. The number of carbonyl (C=O) groups is 1. The second-order valence-electron chi connectivity index (χ2n) is 5.19. The number of methoxy groups -OCH3 is 1. The van der Waals surface area contributed by atoms with Gasteiger partial charge in [-0.05, 0) is 24.1 Å². The number of hydrogen-bond acceptors (Lipinski definition) is 4. The van der Waals surface area contributed by atoms with Crippen molar-refractivity contribution in [2.24, 2.45) is 5.92 Å². The molecule has 0 aliphatic heterocycles. The van der Waals surface area contributed by atoms with Crippen molar-refractivity contribution in [2.45, 2.75) is 20.4 Å². The van der Waals surface area contributed by atoms with Gasteiger partial charge in [0.1, 0.15) is 11.5 Å². The van der Waals surface area contributed by atoms with Gasteiger partial charge in [0.15, 0.2) is 17.9 Å². The van der Waals surface area contributed by atoms with Crippen LogP contribution in [0.1, 0.15) is 24.2 Å². The van der Waals surface area contributed by atoms with Crippen LogP contribution in [0.15, 0.2) is 18.2 Å². The van der Waals surface area contributed by atoms with E-state index in [1.165, 1.54) is 19.2 Å². The Morgan fingerprint density at radius 3 is 2.71 bits per heavy atom. The van der Waals surface area contributed by atoms with Crippen LogP contribution in [0, 0.1) is 11.7 Å². The van der Waals surface area contributed by atoms with Gasteiger partial charge in [-0.2, -0.15) is 5.10 Å². The summed E-state index contributed by atoms with van der Waals surface area (Å²) in [4.78, 5) is 11.3. The van der Waals surface area contributed by atoms with Gasteiger partial charge >= 0.3 is 0 Å². The third-order valence-corrected chi connectivity index (χ3v) is 3.11. The Bertz CT molecular complexity index is 665. The summed E-state index contributed by atoms with van der Waals surface area (Å²) in [6.07, 6.45) is 0.649. The molecule has 1 aromatic heterocycles. The number of halogens is 1. The lowest BCUT2D eigenvalue weighted by molar-refractivity contribution is 0.112. The van der Waals surface area contributed by atoms with E-state index in [-0.39, 0.29) is 11.3 Å². The van der Waals surface area contributed by atoms with Crippen LogP contribution in [0.2, 0.25) is 0 Å². The van der Waals surface area contributed by atoms with Crippen molar-refractivity contribution >= 4 is 12.1 Å². The summed E-state index contributed by atoms with van der Waals surface area (Å²) in [6.45, 7) is 4.63. The highest BCUT2D eigenvalue weighted by Gasteiger charge is 2.18. The van der Waals surface area contributed by atoms with E-state index in [1.54, 1.807) is 10.7 Å². The molecule has 0 amide bonds. The number of anilines is 1. The van der Waals surface area contributed by atoms with Crippen LogP contribution in [0.4, 0.5) is 10.2 Å². The Morgan fingerprint density at radius 2 is 2.19 bits per heavy atom. The fraction of sp³-hybridized carbons (Fsp3) is 0.333. The molecule has 0 fully saturated rings. The summed E-state index contributed by atoms with van der Waals surface area (Å²) in [5.41, 5.74) is 7.09. The van der Waals surface area contributed by atoms with Crippen LogP contribution in [0.3, 0.4) is 0 Å². The molecule has 0 spiro atoms.